The number of hydrogen-bond donors (Lipinski definition) is 1. The third kappa shape index (κ3) is 6.43. The molecular weight excluding hydrogens is 302 g/mol. The number of aromatic nitrogens is 1. The molecule has 124 valence electrons. The van der Waals surface area contributed by atoms with Crippen molar-refractivity contribution < 1.29 is 13.2 Å². The van der Waals surface area contributed by atoms with Gasteiger partial charge in [0.05, 0.1) is 5.75 Å². The summed E-state index contributed by atoms with van der Waals surface area (Å²) in [4.78, 5) is 17.9. The zero-order valence-electron chi connectivity index (χ0n) is 13.7. The molecule has 0 aliphatic heterocycles. The Morgan fingerprint density at radius 1 is 1.41 bits per heavy atom. The molecule has 6 nitrogen and oxygen atoms in total. The first kappa shape index (κ1) is 18.4. The van der Waals surface area contributed by atoms with Crippen molar-refractivity contribution in [2.45, 2.75) is 33.2 Å². The van der Waals surface area contributed by atoms with E-state index in [4.69, 9.17) is 0 Å². The number of urea groups is 1. The lowest BCUT2D eigenvalue weighted by Gasteiger charge is -2.27. The summed E-state index contributed by atoms with van der Waals surface area (Å²) >= 11 is 0. The Bertz CT molecular complexity index is 585. The van der Waals surface area contributed by atoms with Crippen LogP contribution in [0.1, 0.15) is 25.1 Å². The highest BCUT2D eigenvalue weighted by Crippen LogP contribution is 2.04. The number of sulfone groups is 1. The highest BCUT2D eigenvalue weighted by atomic mass is 32.2. The summed E-state index contributed by atoms with van der Waals surface area (Å²) < 4.78 is 22.7. The van der Waals surface area contributed by atoms with Gasteiger partial charge in [0.1, 0.15) is 9.84 Å². The number of nitrogens with zero attached hydrogens (tertiary/aromatic N) is 2. The second-order valence-electron chi connectivity index (χ2n) is 5.52. The molecule has 0 radical (unpaired) electrons. The minimum absolute atomic E-state index is 0.0316. The van der Waals surface area contributed by atoms with Crippen LogP contribution in [0.5, 0.6) is 0 Å². The van der Waals surface area contributed by atoms with Gasteiger partial charge in [-0.1, -0.05) is 6.07 Å². The fourth-order valence-electron chi connectivity index (χ4n) is 2.25. The van der Waals surface area contributed by atoms with Gasteiger partial charge in [0.25, 0.3) is 0 Å². The summed E-state index contributed by atoms with van der Waals surface area (Å²) in [5.74, 6) is -0.0316. The summed E-state index contributed by atoms with van der Waals surface area (Å²) in [7, 11) is -3.11. The summed E-state index contributed by atoms with van der Waals surface area (Å²) in [6.07, 6.45) is 3.67. The monoisotopic (exact) mass is 327 g/mol. The maximum Gasteiger partial charge on any atom is 0.317 e. The van der Waals surface area contributed by atoms with E-state index in [9.17, 15) is 13.2 Å². The third-order valence-electron chi connectivity index (χ3n) is 3.34. The smallest absolute Gasteiger partial charge is 0.317 e. The Morgan fingerprint density at radius 2 is 2.09 bits per heavy atom. The van der Waals surface area contributed by atoms with Crippen LogP contribution < -0.4 is 5.32 Å². The zero-order chi connectivity index (χ0) is 16.8. The number of nitrogens with one attached hydrogen (secondary N) is 1. The van der Waals surface area contributed by atoms with Crippen molar-refractivity contribution in [2.75, 3.05) is 25.1 Å². The maximum atomic E-state index is 12.2. The largest absolute Gasteiger partial charge is 0.338 e. The predicted octanol–water partition coefficient (Wildman–Crippen LogP) is 1.40. The quantitative estimate of drug-likeness (QED) is 0.821. The second-order valence-corrected chi connectivity index (χ2v) is 7.70. The Labute approximate surface area is 132 Å². The topological polar surface area (TPSA) is 79.4 Å². The van der Waals surface area contributed by atoms with Gasteiger partial charge >= 0.3 is 6.03 Å². The second kappa shape index (κ2) is 8.12. The van der Waals surface area contributed by atoms with E-state index in [-0.39, 0.29) is 17.8 Å². The van der Waals surface area contributed by atoms with Gasteiger partial charge in [-0.25, -0.2) is 13.2 Å². The van der Waals surface area contributed by atoms with Crippen LogP contribution in [-0.2, 0) is 16.3 Å². The summed E-state index contributed by atoms with van der Waals surface area (Å²) in [5.41, 5.74) is 2.01. The van der Waals surface area contributed by atoms with Gasteiger partial charge in [0.15, 0.2) is 0 Å². The molecule has 0 saturated heterocycles. The van der Waals surface area contributed by atoms with Crippen LogP contribution in [0.2, 0.25) is 0 Å². The van der Waals surface area contributed by atoms with Crippen molar-refractivity contribution in [1.29, 1.82) is 0 Å². The van der Waals surface area contributed by atoms with Gasteiger partial charge < -0.3 is 10.2 Å². The van der Waals surface area contributed by atoms with E-state index in [1.54, 1.807) is 13.1 Å². The molecule has 1 atom stereocenters. The SMILES string of the molecule is CCN(C(=O)NCCc1ccc(C)nc1)C(C)CS(C)(=O)=O. The molecule has 0 aliphatic rings. The lowest BCUT2D eigenvalue weighted by atomic mass is 10.2. The molecule has 0 spiro atoms. The Balaban J connectivity index is 2.49. The number of amides is 2. The van der Waals surface area contributed by atoms with Crippen molar-refractivity contribution in [1.82, 2.24) is 15.2 Å². The number of aryl methyl sites for hydroxylation is 1. The van der Waals surface area contributed by atoms with Crippen molar-refractivity contribution in [2.24, 2.45) is 0 Å². The number of rotatable bonds is 7. The molecule has 0 aliphatic carbocycles. The van der Waals surface area contributed by atoms with Gasteiger partial charge in [-0.15, -0.1) is 0 Å². The Hall–Kier alpha value is -1.63. The Morgan fingerprint density at radius 3 is 2.59 bits per heavy atom. The molecule has 0 aromatic carbocycles. The van der Waals surface area contributed by atoms with Crippen LogP contribution >= 0.6 is 0 Å². The van der Waals surface area contributed by atoms with Gasteiger partial charge in [-0.3, -0.25) is 4.98 Å². The van der Waals surface area contributed by atoms with Crippen molar-refractivity contribution in [3.63, 3.8) is 0 Å². The Kier molecular flexibility index (Phi) is 6.80. The van der Waals surface area contributed by atoms with Crippen LogP contribution in [-0.4, -0.2) is 55.5 Å². The first-order valence-corrected chi connectivity index (χ1v) is 9.42. The maximum absolute atomic E-state index is 12.2. The fraction of sp³-hybridized carbons (Fsp3) is 0.600. The average molecular weight is 327 g/mol. The molecule has 1 rings (SSSR count). The van der Waals surface area contributed by atoms with E-state index >= 15 is 0 Å². The van der Waals surface area contributed by atoms with Gasteiger partial charge in [-0.2, -0.15) is 0 Å². The van der Waals surface area contributed by atoms with Crippen LogP contribution in [0, 0.1) is 6.92 Å². The van der Waals surface area contributed by atoms with E-state index in [0.717, 1.165) is 11.3 Å². The van der Waals surface area contributed by atoms with Crippen LogP contribution in [0.3, 0.4) is 0 Å². The zero-order valence-corrected chi connectivity index (χ0v) is 14.5. The van der Waals surface area contributed by atoms with E-state index in [1.165, 1.54) is 11.2 Å². The lowest BCUT2D eigenvalue weighted by molar-refractivity contribution is 0.187. The molecule has 22 heavy (non-hydrogen) atoms. The minimum Gasteiger partial charge on any atom is -0.338 e. The summed E-state index contributed by atoms with van der Waals surface area (Å²) in [6, 6.07) is 3.34. The predicted molar refractivity (Wildman–Crippen MR) is 87.6 cm³/mol. The van der Waals surface area contributed by atoms with Gasteiger partial charge in [0, 0.05) is 37.3 Å². The molecule has 1 aromatic heterocycles. The molecule has 2 amide bonds. The molecule has 1 aromatic rings. The molecule has 0 saturated carbocycles. The van der Waals surface area contributed by atoms with Crippen LogP contribution in [0.15, 0.2) is 18.3 Å². The third-order valence-corrected chi connectivity index (χ3v) is 4.43. The molecular formula is C15H25N3O3S. The fourth-order valence-corrected chi connectivity index (χ4v) is 3.30. The lowest BCUT2D eigenvalue weighted by Crippen LogP contribution is -2.47. The van der Waals surface area contributed by atoms with Crippen LogP contribution in [0.4, 0.5) is 4.79 Å². The van der Waals surface area contributed by atoms with E-state index < -0.39 is 9.84 Å². The minimum atomic E-state index is -3.11. The number of carbonyl (C=O) groups is 1. The van der Waals surface area contributed by atoms with Gasteiger partial charge in [-0.05, 0) is 38.8 Å². The highest BCUT2D eigenvalue weighted by Gasteiger charge is 2.21. The summed E-state index contributed by atoms with van der Waals surface area (Å²) in [6.45, 7) is 6.46. The number of hydrogen-bond acceptors (Lipinski definition) is 4. The molecule has 0 fully saturated rings. The number of pyridine rings is 1. The van der Waals surface area contributed by atoms with E-state index in [0.29, 0.717) is 19.5 Å². The molecule has 1 heterocycles. The van der Waals surface area contributed by atoms with Crippen molar-refractivity contribution >= 4 is 15.9 Å². The summed E-state index contributed by atoms with van der Waals surface area (Å²) in [5, 5.41) is 2.83. The first-order valence-electron chi connectivity index (χ1n) is 7.36. The standard InChI is InChI=1S/C15H25N3O3S/c1-5-18(13(3)11-22(4,20)21)15(19)16-9-8-14-7-6-12(2)17-10-14/h6-7,10,13H,5,8-9,11H2,1-4H3,(H,16,19). The van der Waals surface area contributed by atoms with Crippen molar-refractivity contribution in [3.05, 3.63) is 29.6 Å². The van der Waals surface area contributed by atoms with E-state index in [1.807, 2.05) is 26.0 Å². The average Bonchev–Trinajstić information content (AvgIpc) is 2.39. The molecule has 1 unspecified atom stereocenters. The normalized spacial score (nSPS) is 12.7. The van der Waals surface area contributed by atoms with Gasteiger partial charge in [0.2, 0.25) is 0 Å². The van der Waals surface area contributed by atoms with Crippen molar-refractivity contribution in [3.8, 4) is 0 Å². The van der Waals surface area contributed by atoms with Crippen LogP contribution in [0.25, 0.3) is 0 Å². The molecule has 1 N–H and O–H groups in total. The molecule has 7 heteroatoms. The highest BCUT2D eigenvalue weighted by molar-refractivity contribution is 7.90. The molecule has 0 bridgehead atoms. The van der Waals surface area contributed by atoms with E-state index in [2.05, 4.69) is 10.3 Å². The number of carbonyl (C=O) groups excluding carboxylic acids is 1. The first-order chi connectivity index (χ1) is 10.2.